The summed E-state index contributed by atoms with van der Waals surface area (Å²) in [6.45, 7) is 3.44. The molecule has 1 N–H and O–H groups in total. The van der Waals surface area contributed by atoms with E-state index < -0.39 is 10.0 Å². The van der Waals surface area contributed by atoms with Gasteiger partial charge in [0.1, 0.15) is 0 Å². The molecule has 1 aromatic carbocycles. The smallest absolute Gasteiger partial charge is 0.232 e. The summed E-state index contributed by atoms with van der Waals surface area (Å²) in [6.07, 6.45) is 2.55. The zero-order valence-electron chi connectivity index (χ0n) is 13.9. The number of ether oxygens (including phenoxy) is 1. The van der Waals surface area contributed by atoms with Gasteiger partial charge in [-0.25, -0.2) is 8.42 Å². The van der Waals surface area contributed by atoms with Gasteiger partial charge in [-0.15, -0.1) is 0 Å². The highest BCUT2D eigenvalue weighted by Gasteiger charge is 2.22. The van der Waals surface area contributed by atoms with Gasteiger partial charge in [-0.2, -0.15) is 0 Å². The van der Waals surface area contributed by atoms with Gasteiger partial charge in [-0.1, -0.05) is 17.7 Å². The number of carbonyl (C=O) groups is 1. The second-order valence-corrected chi connectivity index (χ2v) is 8.26. The molecular formula is C16H23ClN2O4S. The fourth-order valence-corrected chi connectivity index (χ4v) is 3.70. The molecule has 0 aromatic heterocycles. The lowest BCUT2D eigenvalue weighted by molar-refractivity contribution is -0.127. The van der Waals surface area contributed by atoms with Crippen molar-refractivity contribution in [2.45, 2.75) is 19.8 Å². The van der Waals surface area contributed by atoms with E-state index in [4.69, 9.17) is 16.3 Å². The minimum absolute atomic E-state index is 0.0475. The average Bonchev–Trinajstić information content (AvgIpc) is 2.54. The average molecular weight is 375 g/mol. The third-order valence-electron chi connectivity index (χ3n) is 4.05. The number of halogens is 1. The number of sulfonamides is 1. The summed E-state index contributed by atoms with van der Waals surface area (Å²) in [5.41, 5.74) is 1.37. The van der Waals surface area contributed by atoms with Gasteiger partial charge in [-0.05, 0) is 37.5 Å². The van der Waals surface area contributed by atoms with Crippen molar-refractivity contribution >= 4 is 33.2 Å². The molecule has 1 aromatic rings. The van der Waals surface area contributed by atoms with Gasteiger partial charge in [0.05, 0.1) is 18.5 Å². The molecule has 1 saturated heterocycles. The maximum absolute atomic E-state index is 12.1. The van der Waals surface area contributed by atoms with Crippen molar-refractivity contribution in [1.29, 1.82) is 0 Å². The summed E-state index contributed by atoms with van der Waals surface area (Å²) >= 11 is 6.09. The van der Waals surface area contributed by atoms with Crippen LogP contribution in [0.15, 0.2) is 18.2 Å². The number of nitrogens with one attached hydrogen (secondary N) is 1. The molecule has 2 rings (SSSR count). The molecular weight excluding hydrogens is 352 g/mol. The van der Waals surface area contributed by atoms with Gasteiger partial charge in [-0.3, -0.25) is 9.10 Å². The summed E-state index contributed by atoms with van der Waals surface area (Å²) in [7, 11) is -3.47. The SMILES string of the molecule is Cc1ccc(N(CCNC(=O)C2CCOCC2)S(C)(=O)=O)cc1Cl. The van der Waals surface area contributed by atoms with Crippen LogP contribution in [0.2, 0.25) is 5.02 Å². The van der Waals surface area contributed by atoms with Crippen LogP contribution in [-0.4, -0.2) is 46.9 Å². The Balaban J connectivity index is 1.99. The first-order valence-electron chi connectivity index (χ1n) is 7.88. The van der Waals surface area contributed by atoms with Crippen LogP contribution in [0.5, 0.6) is 0 Å². The van der Waals surface area contributed by atoms with Gasteiger partial charge in [0, 0.05) is 30.7 Å². The van der Waals surface area contributed by atoms with Crippen molar-refractivity contribution in [3.63, 3.8) is 0 Å². The van der Waals surface area contributed by atoms with Crippen LogP contribution in [0.25, 0.3) is 0 Å². The first-order valence-corrected chi connectivity index (χ1v) is 10.1. The third kappa shape index (κ3) is 5.09. The van der Waals surface area contributed by atoms with Crippen LogP contribution in [0.1, 0.15) is 18.4 Å². The number of benzene rings is 1. The first-order chi connectivity index (χ1) is 11.3. The van der Waals surface area contributed by atoms with Crippen molar-refractivity contribution in [3.8, 4) is 0 Å². The molecule has 0 spiro atoms. The number of carbonyl (C=O) groups excluding carboxylic acids is 1. The number of aryl methyl sites for hydroxylation is 1. The van der Waals surface area contributed by atoms with E-state index in [1.54, 1.807) is 18.2 Å². The lowest BCUT2D eigenvalue weighted by atomic mass is 9.99. The number of hydrogen-bond acceptors (Lipinski definition) is 4. The normalized spacial score (nSPS) is 16.0. The van der Waals surface area contributed by atoms with E-state index in [0.29, 0.717) is 36.8 Å². The highest BCUT2D eigenvalue weighted by Crippen LogP contribution is 2.24. The van der Waals surface area contributed by atoms with E-state index in [1.165, 1.54) is 4.31 Å². The van der Waals surface area contributed by atoms with E-state index in [1.807, 2.05) is 6.92 Å². The highest BCUT2D eigenvalue weighted by atomic mass is 35.5. The number of anilines is 1. The van der Waals surface area contributed by atoms with Crippen molar-refractivity contribution in [3.05, 3.63) is 28.8 Å². The Labute approximate surface area is 148 Å². The lowest BCUT2D eigenvalue weighted by Gasteiger charge is -2.25. The van der Waals surface area contributed by atoms with Gasteiger partial charge in [0.15, 0.2) is 0 Å². The summed E-state index contributed by atoms with van der Waals surface area (Å²) < 4.78 is 30.6. The minimum atomic E-state index is -3.47. The summed E-state index contributed by atoms with van der Waals surface area (Å²) in [5.74, 6) is -0.104. The number of nitrogens with zero attached hydrogens (tertiary/aromatic N) is 1. The van der Waals surface area contributed by atoms with Crippen LogP contribution < -0.4 is 9.62 Å². The monoisotopic (exact) mass is 374 g/mol. The van der Waals surface area contributed by atoms with Crippen LogP contribution >= 0.6 is 11.6 Å². The molecule has 0 atom stereocenters. The summed E-state index contributed by atoms with van der Waals surface area (Å²) in [5, 5.41) is 3.32. The largest absolute Gasteiger partial charge is 0.381 e. The molecule has 1 aliphatic rings. The molecule has 24 heavy (non-hydrogen) atoms. The molecule has 6 nitrogen and oxygen atoms in total. The molecule has 1 amide bonds. The fraction of sp³-hybridized carbons (Fsp3) is 0.562. The number of amides is 1. The maximum atomic E-state index is 12.1. The first kappa shape index (κ1) is 19.0. The molecule has 0 unspecified atom stereocenters. The second kappa shape index (κ2) is 8.18. The number of hydrogen-bond donors (Lipinski definition) is 1. The van der Waals surface area contributed by atoms with Gasteiger partial charge in [0.25, 0.3) is 0 Å². The minimum Gasteiger partial charge on any atom is -0.381 e. The zero-order valence-corrected chi connectivity index (χ0v) is 15.5. The molecule has 134 valence electrons. The number of rotatable bonds is 6. The van der Waals surface area contributed by atoms with E-state index in [0.717, 1.165) is 11.8 Å². The van der Waals surface area contributed by atoms with E-state index in [9.17, 15) is 13.2 Å². The predicted octanol–water partition coefficient (Wildman–Crippen LogP) is 1.96. The van der Waals surface area contributed by atoms with Crippen molar-refractivity contribution < 1.29 is 17.9 Å². The molecule has 1 fully saturated rings. The molecule has 0 radical (unpaired) electrons. The lowest BCUT2D eigenvalue weighted by Crippen LogP contribution is -2.41. The standard InChI is InChI=1S/C16H23ClN2O4S/c1-12-3-4-14(11-15(12)17)19(24(2,21)22)8-7-18-16(20)13-5-9-23-10-6-13/h3-4,11,13H,5-10H2,1-2H3,(H,18,20). The Hall–Kier alpha value is -1.31. The Kier molecular flexibility index (Phi) is 6.48. The Morgan fingerprint density at radius 1 is 1.38 bits per heavy atom. The predicted molar refractivity (Wildman–Crippen MR) is 94.9 cm³/mol. The fourth-order valence-electron chi connectivity index (χ4n) is 2.61. The maximum Gasteiger partial charge on any atom is 0.232 e. The summed E-state index contributed by atoms with van der Waals surface area (Å²) in [4.78, 5) is 12.1. The summed E-state index contributed by atoms with van der Waals surface area (Å²) in [6, 6.07) is 5.11. The van der Waals surface area contributed by atoms with Crippen molar-refractivity contribution in [2.24, 2.45) is 5.92 Å². The van der Waals surface area contributed by atoms with Gasteiger partial charge >= 0.3 is 0 Å². The van der Waals surface area contributed by atoms with Crippen LogP contribution in [0.4, 0.5) is 5.69 Å². The van der Waals surface area contributed by atoms with Crippen LogP contribution in [0.3, 0.4) is 0 Å². The van der Waals surface area contributed by atoms with Gasteiger partial charge < -0.3 is 10.1 Å². The third-order valence-corrected chi connectivity index (χ3v) is 5.65. The van der Waals surface area contributed by atoms with Gasteiger partial charge in [0.2, 0.25) is 15.9 Å². The second-order valence-electron chi connectivity index (χ2n) is 5.95. The molecule has 8 heteroatoms. The van der Waals surface area contributed by atoms with Crippen molar-refractivity contribution in [2.75, 3.05) is 36.9 Å². The van der Waals surface area contributed by atoms with E-state index >= 15 is 0 Å². The Morgan fingerprint density at radius 3 is 2.62 bits per heavy atom. The highest BCUT2D eigenvalue weighted by molar-refractivity contribution is 7.92. The topological polar surface area (TPSA) is 75.7 Å². The quantitative estimate of drug-likeness (QED) is 0.825. The zero-order chi connectivity index (χ0) is 17.7. The van der Waals surface area contributed by atoms with Crippen LogP contribution in [-0.2, 0) is 19.6 Å². The molecule has 1 aliphatic heterocycles. The van der Waals surface area contributed by atoms with E-state index in [-0.39, 0.29) is 24.9 Å². The van der Waals surface area contributed by atoms with Crippen LogP contribution in [0, 0.1) is 12.8 Å². The van der Waals surface area contributed by atoms with E-state index in [2.05, 4.69) is 5.32 Å². The Morgan fingerprint density at radius 2 is 2.04 bits per heavy atom. The molecule has 0 saturated carbocycles. The molecule has 0 aliphatic carbocycles. The molecule has 1 heterocycles. The van der Waals surface area contributed by atoms with Crippen molar-refractivity contribution in [1.82, 2.24) is 5.32 Å². The Bertz CT molecular complexity index is 687. The molecule has 0 bridgehead atoms.